The lowest BCUT2D eigenvalue weighted by atomic mass is 10.1. The molecule has 4 heteroatoms. The average Bonchev–Trinajstić information content (AvgIpc) is 2.85. The van der Waals surface area contributed by atoms with Crippen LogP contribution in [0.3, 0.4) is 0 Å². The molecule has 1 aromatic carbocycles. The van der Waals surface area contributed by atoms with Crippen molar-refractivity contribution >= 4 is 38.5 Å². The van der Waals surface area contributed by atoms with E-state index in [-0.39, 0.29) is 0 Å². The molecule has 1 heterocycles. The first-order valence-electron chi connectivity index (χ1n) is 7.02. The fourth-order valence-corrected chi connectivity index (χ4v) is 3.49. The molecule has 0 aromatic heterocycles. The van der Waals surface area contributed by atoms with Gasteiger partial charge in [-0.1, -0.05) is 51.4 Å². The largest absolute Gasteiger partial charge is 0.493 e. The number of rotatable bonds is 8. The summed E-state index contributed by atoms with van der Waals surface area (Å²) < 4.78 is 8.18. The number of halogens is 2. The van der Waals surface area contributed by atoms with Gasteiger partial charge in [-0.3, -0.25) is 0 Å². The van der Waals surface area contributed by atoms with Crippen LogP contribution in [0.5, 0.6) is 5.75 Å². The van der Waals surface area contributed by atoms with E-state index in [1.54, 1.807) is 0 Å². The van der Waals surface area contributed by atoms with E-state index in [9.17, 15) is 0 Å². The third-order valence-electron chi connectivity index (χ3n) is 3.38. The van der Waals surface area contributed by atoms with Gasteiger partial charge in [0.25, 0.3) is 0 Å². The second-order valence-electron chi connectivity index (χ2n) is 4.93. The normalized spacial score (nSPS) is 13.4. The van der Waals surface area contributed by atoms with E-state index in [0.29, 0.717) is 0 Å². The quantitative estimate of drug-likeness (QED) is 0.368. The van der Waals surface area contributed by atoms with Gasteiger partial charge in [0.15, 0.2) is 0 Å². The molecule has 0 unspecified atom stereocenters. The topological polar surface area (TPSA) is 21.3 Å². The Kier molecular flexibility index (Phi) is 6.94. The summed E-state index contributed by atoms with van der Waals surface area (Å²) in [6.07, 6.45) is 6.36. The number of alkyl halides is 1. The first kappa shape index (κ1) is 15.6. The maximum Gasteiger partial charge on any atom is 0.127 e. The average molecular weight is 438 g/mol. The summed E-state index contributed by atoms with van der Waals surface area (Å²) in [7, 11) is 0. The van der Waals surface area contributed by atoms with E-state index in [1.807, 2.05) is 0 Å². The molecule has 0 aliphatic carbocycles. The predicted molar refractivity (Wildman–Crippen MR) is 92.4 cm³/mol. The van der Waals surface area contributed by atoms with E-state index >= 15 is 0 Å². The van der Waals surface area contributed by atoms with Crippen LogP contribution in [0.25, 0.3) is 0 Å². The Morgan fingerprint density at radius 3 is 2.89 bits per heavy atom. The molecule has 106 valence electrons. The monoisotopic (exact) mass is 437 g/mol. The summed E-state index contributed by atoms with van der Waals surface area (Å²) in [4.78, 5) is 0. The van der Waals surface area contributed by atoms with Gasteiger partial charge in [-0.25, -0.2) is 0 Å². The minimum atomic E-state index is 0.828. The third-order valence-corrected chi connectivity index (χ3v) is 4.60. The first-order chi connectivity index (χ1) is 9.31. The first-order valence-corrected chi connectivity index (χ1v) is 9.34. The highest BCUT2D eigenvalue weighted by Crippen LogP contribution is 2.32. The van der Waals surface area contributed by atoms with Crippen molar-refractivity contribution in [2.24, 2.45) is 0 Å². The van der Waals surface area contributed by atoms with Gasteiger partial charge in [-0.2, -0.15) is 0 Å². The predicted octanol–water partition coefficient (Wildman–Crippen LogP) is 4.47. The number of benzene rings is 1. The van der Waals surface area contributed by atoms with Crippen LogP contribution in [0, 0.1) is 0 Å². The van der Waals surface area contributed by atoms with Crippen molar-refractivity contribution in [3.05, 3.63) is 27.7 Å². The van der Waals surface area contributed by atoms with Crippen LogP contribution in [0.4, 0.5) is 0 Å². The molecule has 0 spiro atoms. The van der Waals surface area contributed by atoms with Crippen LogP contribution in [0.15, 0.2) is 16.6 Å². The van der Waals surface area contributed by atoms with Gasteiger partial charge in [0.2, 0.25) is 0 Å². The van der Waals surface area contributed by atoms with Crippen molar-refractivity contribution < 1.29 is 4.74 Å². The van der Waals surface area contributed by atoms with Crippen molar-refractivity contribution in [2.45, 2.75) is 38.6 Å². The van der Waals surface area contributed by atoms with Crippen LogP contribution < -0.4 is 10.1 Å². The molecule has 19 heavy (non-hydrogen) atoms. The number of ether oxygens (including phenoxy) is 1. The number of hydrogen-bond donors (Lipinski definition) is 1. The molecule has 0 saturated heterocycles. The Labute approximate surface area is 138 Å². The summed E-state index contributed by atoms with van der Waals surface area (Å²) in [5, 5.41) is 3.53. The molecular weight excluding hydrogens is 417 g/mol. The standard InChI is InChI=1S/C15H21BrINO/c16-14-9-12-5-8-19-15(12)13(10-14)11-18-7-4-2-1-3-6-17/h9-10,18H,1-8,11H2. The fourth-order valence-electron chi connectivity index (χ4n) is 2.40. The van der Waals surface area contributed by atoms with Gasteiger partial charge in [0.05, 0.1) is 6.61 Å². The highest BCUT2D eigenvalue weighted by atomic mass is 127. The number of unbranched alkanes of at least 4 members (excludes halogenated alkanes) is 3. The molecule has 1 aliphatic rings. The number of nitrogens with one attached hydrogen (secondary N) is 1. The zero-order chi connectivity index (χ0) is 13.5. The van der Waals surface area contributed by atoms with Crippen LogP contribution >= 0.6 is 38.5 Å². The smallest absolute Gasteiger partial charge is 0.127 e. The zero-order valence-electron chi connectivity index (χ0n) is 11.2. The Hall–Kier alpha value is 0.190. The van der Waals surface area contributed by atoms with Crippen LogP contribution in [-0.4, -0.2) is 17.6 Å². The second kappa shape index (κ2) is 8.47. The second-order valence-corrected chi connectivity index (χ2v) is 6.93. The molecule has 1 aliphatic heterocycles. The summed E-state index contributed by atoms with van der Waals surface area (Å²) in [6, 6.07) is 4.35. The summed E-state index contributed by atoms with van der Waals surface area (Å²) in [5.74, 6) is 1.11. The van der Waals surface area contributed by atoms with Gasteiger partial charge >= 0.3 is 0 Å². The SMILES string of the molecule is Brc1cc2c(c(CNCCCCCCI)c1)OCC2. The van der Waals surface area contributed by atoms with Crippen LogP contribution in [-0.2, 0) is 13.0 Å². The molecule has 0 fully saturated rings. The summed E-state index contributed by atoms with van der Waals surface area (Å²) in [6.45, 7) is 2.84. The fraction of sp³-hybridized carbons (Fsp3) is 0.600. The highest BCUT2D eigenvalue weighted by molar-refractivity contribution is 14.1. The molecule has 2 rings (SSSR count). The van der Waals surface area contributed by atoms with Gasteiger partial charge in [0, 0.05) is 23.0 Å². The lowest BCUT2D eigenvalue weighted by Gasteiger charge is -2.10. The molecular formula is C15H21BrINO. The Morgan fingerprint density at radius 2 is 2.05 bits per heavy atom. The lowest BCUT2D eigenvalue weighted by Crippen LogP contribution is -2.15. The summed E-state index contributed by atoms with van der Waals surface area (Å²) in [5.41, 5.74) is 2.63. The molecule has 2 nitrogen and oxygen atoms in total. The minimum absolute atomic E-state index is 0.828. The van der Waals surface area contributed by atoms with Crippen molar-refractivity contribution in [1.29, 1.82) is 0 Å². The van der Waals surface area contributed by atoms with Crippen molar-refractivity contribution in [3.63, 3.8) is 0 Å². The molecule has 0 bridgehead atoms. The van der Waals surface area contributed by atoms with Crippen LogP contribution in [0.1, 0.15) is 36.8 Å². The highest BCUT2D eigenvalue weighted by Gasteiger charge is 2.16. The number of fused-ring (bicyclic) bond motifs is 1. The van der Waals surface area contributed by atoms with Crippen LogP contribution in [0.2, 0.25) is 0 Å². The van der Waals surface area contributed by atoms with Crippen molar-refractivity contribution in [1.82, 2.24) is 5.32 Å². The maximum absolute atomic E-state index is 5.73. The third kappa shape index (κ3) is 4.90. The van der Waals surface area contributed by atoms with E-state index in [1.165, 1.54) is 41.2 Å². The van der Waals surface area contributed by atoms with Gasteiger partial charge < -0.3 is 10.1 Å². The van der Waals surface area contributed by atoms with Crippen molar-refractivity contribution in [2.75, 3.05) is 17.6 Å². The molecule has 0 radical (unpaired) electrons. The summed E-state index contributed by atoms with van der Waals surface area (Å²) >= 11 is 6.03. The molecule has 0 amide bonds. The van der Waals surface area contributed by atoms with E-state index in [2.05, 4.69) is 56.0 Å². The molecule has 0 saturated carbocycles. The van der Waals surface area contributed by atoms with E-state index < -0.39 is 0 Å². The van der Waals surface area contributed by atoms with E-state index in [4.69, 9.17) is 4.74 Å². The lowest BCUT2D eigenvalue weighted by molar-refractivity contribution is 0.352. The Morgan fingerprint density at radius 1 is 1.21 bits per heavy atom. The maximum atomic E-state index is 5.73. The number of hydrogen-bond acceptors (Lipinski definition) is 2. The Bertz CT molecular complexity index is 411. The minimum Gasteiger partial charge on any atom is -0.493 e. The van der Waals surface area contributed by atoms with Crippen molar-refractivity contribution in [3.8, 4) is 5.75 Å². The van der Waals surface area contributed by atoms with Gasteiger partial charge in [-0.15, -0.1) is 0 Å². The Balaban J connectivity index is 1.74. The zero-order valence-corrected chi connectivity index (χ0v) is 14.9. The van der Waals surface area contributed by atoms with E-state index in [0.717, 1.165) is 36.3 Å². The molecule has 0 atom stereocenters. The van der Waals surface area contributed by atoms with Gasteiger partial charge in [0.1, 0.15) is 5.75 Å². The molecule has 1 aromatic rings. The van der Waals surface area contributed by atoms with Gasteiger partial charge in [-0.05, 0) is 41.5 Å². The molecule has 1 N–H and O–H groups in total.